The van der Waals surface area contributed by atoms with Crippen LogP contribution < -0.4 is 15.4 Å². The maximum atomic E-state index is 13.4. The van der Waals surface area contributed by atoms with Crippen molar-refractivity contribution >= 4 is 34.1 Å². The number of nitrogens with one attached hydrogen (secondary N) is 3. The zero-order valence-corrected chi connectivity index (χ0v) is 23.3. The first-order chi connectivity index (χ1) is 18.9. The SMILES string of the molecule is CCOc1nn(C)cc1Nc1ncc(C)c(-c2c[nH]c3c(NC(=O)[C@H](CC)N4CCN(C)CC4)cccc23)n1. The maximum Gasteiger partial charge on any atom is 0.256 e. The average Bonchev–Trinajstić information content (AvgIpc) is 3.50. The molecule has 1 aliphatic rings. The van der Waals surface area contributed by atoms with Crippen LogP contribution in [-0.4, -0.2) is 86.3 Å². The fourth-order valence-electron chi connectivity index (χ4n) is 5.11. The van der Waals surface area contributed by atoms with Gasteiger partial charge in [0.25, 0.3) is 5.88 Å². The smallest absolute Gasteiger partial charge is 0.256 e. The van der Waals surface area contributed by atoms with Crippen molar-refractivity contribution in [3.8, 4) is 17.1 Å². The van der Waals surface area contributed by atoms with E-state index >= 15 is 0 Å². The number of carbonyl (C=O) groups excluding carboxylic acids is 1. The Morgan fingerprint density at radius 2 is 1.95 bits per heavy atom. The van der Waals surface area contributed by atoms with E-state index < -0.39 is 0 Å². The summed E-state index contributed by atoms with van der Waals surface area (Å²) in [5.74, 6) is 0.971. The van der Waals surface area contributed by atoms with Crippen molar-refractivity contribution in [2.45, 2.75) is 33.2 Å². The molecule has 1 aliphatic heterocycles. The van der Waals surface area contributed by atoms with Crippen LogP contribution in [0.25, 0.3) is 22.2 Å². The van der Waals surface area contributed by atoms with Crippen LogP contribution in [0.4, 0.5) is 17.3 Å². The molecule has 11 heteroatoms. The Balaban J connectivity index is 1.41. The number of likely N-dealkylation sites (N-methyl/N-ethyl adjacent to an activating group) is 1. The molecule has 0 radical (unpaired) electrons. The van der Waals surface area contributed by atoms with Gasteiger partial charge in [-0.15, -0.1) is 5.10 Å². The van der Waals surface area contributed by atoms with Crippen LogP contribution in [0, 0.1) is 6.92 Å². The topological polar surface area (TPSA) is 116 Å². The summed E-state index contributed by atoms with van der Waals surface area (Å²) in [6, 6.07) is 5.79. The summed E-state index contributed by atoms with van der Waals surface area (Å²) in [7, 11) is 3.96. The van der Waals surface area contributed by atoms with Crippen LogP contribution >= 0.6 is 0 Å². The third-order valence-corrected chi connectivity index (χ3v) is 7.19. The molecular weight excluding hydrogens is 494 g/mol. The van der Waals surface area contributed by atoms with Crippen LogP contribution in [0.1, 0.15) is 25.8 Å². The van der Waals surface area contributed by atoms with Gasteiger partial charge in [-0.2, -0.15) is 0 Å². The number of hydrogen-bond donors (Lipinski definition) is 3. The van der Waals surface area contributed by atoms with Crippen LogP contribution in [-0.2, 0) is 11.8 Å². The molecule has 4 heterocycles. The minimum Gasteiger partial charge on any atom is -0.475 e. The lowest BCUT2D eigenvalue weighted by molar-refractivity contribution is -0.122. The largest absolute Gasteiger partial charge is 0.475 e. The highest BCUT2D eigenvalue weighted by Crippen LogP contribution is 2.34. The van der Waals surface area contributed by atoms with Gasteiger partial charge in [0.05, 0.1) is 35.7 Å². The number of carbonyl (C=O) groups is 1. The minimum atomic E-state index is -0.157. The standard InChI is InChI=1S/C28H37N9O2/c1-6-23(37-13-11-35(4)12-14-37)26(38)31-21-10-8-9-19-20(16-29-25(19)21)24-18(3)15-30-28(33-24)32-22-17-36(5)34-27(22)39-7-2/h8-10,15-17,23,29H,6-7,11-14H2,1-5H3,(H,31,38)(H,30,32,33)/t23-/m0/s1. The van der Waals surface area contributed by atoms with Crippen molar-refractivity contribution in [1.29, 1.82) is 0 Å². The summed E-state index contributed by atoms with van der Waals surface area (Å²) in [4.78, 5) is 30.6. The van der Waals surface area contributed by atoms with E-state index in [0.29, 0.717) is 24.1 Å². The second-order valence-electron chi connectivity index (χ2n) is 9.99. The van der Waals surface area contributed by atoms with Gasteiger partial charge < -0.3 is 25.3 Å². The Morgan fingerprint density at radius 3 is 2.69 bits per heavy atom. The summed E-state index contributed by atoms with van der Waals surface area (Å²) < 4.78 is 7.32. The number of aromatic amines is 1. The number of aromatic nitrogens is 5. The molecule has 11 nitrogen and oxygen atoms in total. The predicted molar refractivity (Wildman–Crippen MR) is 154 cm³/mol. The van der Waals surface area contributed by atoms with E-state index in [4.69, 9.17) is 9.72 Å². The molecule has 1 amide bonds. The van der Waals surface area contributed by atoms with E-state index in [2.05, 4.69) is 49.5 Å². The normalized spacial score (nSPS) is 15.4. The van der Waals surface area contributed by atoms with Gasteiger partial charge >= 0.3 is 0 Å². The number of aryl methyl sites for hydroxylation is 2. The zero-order chi connectivity index (χ0) is 27.5. The van der Waals surface area contributed by atoms with Gasteiger partial charge in [0.2, 0.25) is 11.9 Å². The van der Waals surface area contributed by atoms with Crippen LogP contribution in [0.2, 0.25) is 0 Å². The molecule has 39 heavy (non-hydrogen) atoms. The molecule has 0 saturated carbocycles. The van der Waals surface area contributed by atoms with Crippen molar-refractivity contribution in [3.63, 3.8) is 0 Å². The lowest BCUT2D eigenvalue weighted by Crippen LogP contribution is -2.52. The molecule has 1 atom stereocenters. The highest BCUT2D eigenvalue weighted by Gasteiger charge is 2.27. The van der Waals surface area contributed by atoms with Crippen LogP contribution in [0.5, 0.6) is 5.88 Å². The van der Waals surface area contributed by atoms with Crippen molar-refractivity contribution in [3.05, 3.63) is 42.4 Å². The number of nitrogens with zero attached hydrogens (tertiary/aromatic N) is 6. The first kappa shape index (κ1) is 26.6. The number of H-pyrrole nitrogens is 1. The molecule has 1 fully saturated rings. The number of para-hydroxylation sites is 1. The molecule has 0 unspecified atom stereocenters. The molecule has 1 aromatic carbocycles. The Kier molecular flexibility index (Phi) is 7.80. The fourth-order valence-corrected chi connectivity index (χ4v) is 5.11. The molecule has 3 N–H and O–H groups in total. The van der Waals surface area contributed by atoms with Gasteiger partial charge in [-0.3, -0.25) is 14.4 Å². The third kappa shape index (κ3) is 5.59. The average molecular weight is 532 g/mol. The molecule has 0 spiro atoms. The lowest BCUT2D eigenvalue weighted by atomic mass is 10.1. The number of anilines is 3. The van der Waals surface area contributed by atoms with Gasteiger partial charge in [0, 0.05) is 56.6 Å². The van der Waals surface area contributed by atoms with Gasteiger partial charge in [0.1, 0.15) is 5.69 Å². The Morgan fingerprint density at radius 1 is 1.15 bits per heavy atom. The van der Waals surface area contributed by atoms with Gasteiger partial charge in [-0.25, -0.2) is 9.97 Å². The lowest BCUT2D eigenvalue weighted by Gasteiger charge is -2.36. The van der Waals surface area contributed by atoms with E-state index in [0.717, 1.165) is 66.0 Å². The number of hydrogen-bond acceptors (Lipinski definition) is 8. The van der Waals surface area contributed by atoms with Gasteiger partial charge in [0.15, 0.2) is 0 Å². The highest BCUT2D eigenvalue weighted by molar-refractivity contribution is 6.06. The first-order valence-corrected chi connectivity index (χ1v) is 13.5. The second kappa shape index (κ2) is 11.4. The fraction of sp³-hybridized carbons (Fsp3) is 0.429. The van der Waals surface area contributed by atoms with Crippen molar-refractivity contribution in [2.24, 2.45) is 7.05 Å². The first-order valence-electron chi connectivity index (χ1n) is 13.5. The number of rotatable bonds is 9. The predicted octanol–water partition coefficient (Wildman–Crippen LogP) is 3.77. The van der Waals surface area contributed by atoms with Crippen molar-refractivity contribution < 1.29 is 9.53 Å². The molecule has 0 aliphatic carbocycles. The number of piperazine rings is 1. The number of fused-ring (bicyclic) bond motifs is 1. The summed E-state index contributed by atoms with van der Waals surface area (Å²) in [5.41, 5.74) is 5.00. The molecule has 3 aromatic heterocycles. The number of benzene rings is 1. The van der Waals surface area contributed by atoms with Crippen molar-refractivity contribution in [2.75, 3.05) is 50.5 Å². The molecule has 5 rings (SSSR count). The van der Waals surface area contributed by atoms with Crippen LogP contribution in [0.3, 0.4) is 0 Å². The summed E-state index contributed by atoms with van der Waals surface area (Å²) in [6.07, 6.45) is 6.33. The van der Waals surface area contributed by atoms with Gasteiger partial charge in [-0.1, -0.05) is 19.1 Å². The maximum absolute atomic E-state index is 13.4. The summed E-state index contributed by atoms with van der Waals surface area (Å²) in [5, 5.41) is 11.8. The van der Waals surface area contributed by atoms with Gasteiger partial charge in [-0.05, 0) is 38.9 Å². The van der Waals surface area contributed by atoms with E-state index in [1.165, 1.54) is 0 Å². The Labute approximate surface area is 228 Å². The number of ether oxygens (including phenoxy) is 1. The zero-order valence-electron chi connectivity index (χ0n) is 23.3. The van der Waals surface area contributed by atoms with E-state index in [9.17, 15) is 4.79 Å². The molecule has 0 bridgehead atoms. The van der Waals surface area contributed by atoms with E-state index in [-0.39, 0.29) is 11.9 Å². The molecule has 1 saturated heterocycles. The van der Waals surface area contributed by atoms with E-state index in [1.54, 1.807) is 10.9 Å². The third-order valence-electron chi connectivity index (χ3n) is 7.19. The summed E-state index contributed by atoms with van der Waals surface area (Å²) >= 11 is 0. The van der Waals surface area contributed by atoms with Crippen LogP contribution in [0.15, 0.2) is 36.8 Å². The highest BCUT2D eigenvalue weighted by atomic mass is 16.5. The monoisotopic (exact) mass is 531 g/mol. The number of amides is 1. The molecular formula is C28H37N9O2. The quantitative estimate of drug-likeness (QED) is 0.299. The molecule has 206 valence electrons. The second-order valence-corrected chi connectivity index (χ2v) is 9.99. The minimum absolute atomic E-state index is 0.0250. The van der Waals surface area contributed by atoms with E-state index in [1.807, 2.05) is 51.5 Å². The molecule has 4 aromatic rings. The van der Waals surface area contributed by atoms with Crippen molar-refractivity contribution in [1.82, 2.24) is 34.5 Å². The Hall–Kier alpha value is -3.96. The summed E-state index contributed by atoms with van der Waals surface area (Å²) in [6.45, 7) is 10.2. The Bertz CT molecular complexity index is 1450.